The predicted molar refractivity (Wildman–Crippen MR) is 80.1 cm³/mol. The molecule has 0 aliphatic heterocycles. The van der Waals surface area contributed by atoms with Crippen molar-refractivity contribution in [3.63, 3.8) is 0 Å². The van der Waals surface area contributed by atoms with Gasteiger partial charge in [0.05, 0.1) is 7.11 Å². The number of aromatic nitrogens is 5. The molecule has 9 nitrogen and oxygen atoms in total. The third-order valence-corrected chi connectivity index (χ3v) is 3.46. The highest BCUT2D eigenvalue weighted by atomic mass is 16.5. The Bertz CT molecular complexity index is 985. The van der Waals surface area contributed by atoms with E-state index in [-0.39, 0.29) is 17.3 Å². The van der Waals surface area contributed by atoms with Gasteiger partial charge in [0.1, 0.15) is 11.1 Å². The quantitative estimate of drug-likeness (QED) is 0.748. The molecular weight excluding hydrogens is 302 g/mol. The average Bonchev–Trinajstić information content (AvgIpc) is 3.02. The minimum absolute atomic E-state index is 0.0836. The summed E-state index contributed by atoms with van der Waals surface area (Å²) in [6, 6.07) is 3.41. The number of pyridine rings is 1. The van der Waals surface area contributed by atoms with E-state index in [9.17, 15) is 9.59 Å². The zero-order chi connectivity index (χ0) is 16.6. The van der Waals surface area contributed by atoms with Gasteiger partial charge in [0, 0.05) is 18.9 Å². The van der Waals surface area contributed by atoms with Crippen LogP contribution in [-0.4, -0.2) is 31.8 Å². The molecule has 0 aromatic carbocycles. The summed E-state index contributed by atoms with van der Waals surface area (Å²) in [5.74, 6) is 0.576. The van der Waals surface area contributed by atoms with Crippen molar-refractivity contribution in [2.45, 2.75) is 6.92 Å². The van der Waals surface area contributed by atoms with Crippen molar-refractivity contribution < 1.29 is 9.26 Å². The summed E-state index contributed by atoms with van der Waals surface area (Å²) in [4.78, 5) is 34.1. The Morgan fingerprint density at radius 1 is 1.35 bits per heavy atom. The number of rotatable bonds is 3. The molecule has 0 saturated heterocycles. The Morgan fingerprint density at radius 2 is 2.13 bits per heavy atom. The van der Waals surface area contributed by atoms with Crippen LogP contribution < -0.4 is 16.0 Å². The van der Waals surface area contributed by atoms with Crippen molar-refractivity contribution in [2.24, 2.45) is 7.05 Å². The first-order valence-electron chi connectivity index (χ1n) is 6.66. The predicted octanol–water partition coefficient (Wildman–Crippen LogP) is 0.503. The summed E-state index contributed by atoms with van der Waals surface area (Å²) in [7, 11) is 3.02. The number of nitrogens with one attached hydrogen (secondary N) is 1. The first kappa shape index (κ1) is 14.7. The van der Waals surface area contributed by atoms with Crippen LogP contribution in [0.1, 0.15) is 5.69 Å². The van der Waals surface area contributed by atoms with Crippen LogP contribution in [-0.2, 0) is 7.05 Å². The van der Waals surface area contributed by atoms with Gasteiger partial charge in [-0.15, -0.1) is 0 Å². The molecule has 23 heavy (non-hydrogen) atoms. The van der Waals surface area contributed by atoms with Gasteiger partial charge in [-0.3, -0.25) is 9.78 Å². The molecule has 0 spiro atoms. The van der Waals surface area contributed by atoms with E-state index in [0.717, 1.165) is 0 Å². The fourth-order valence-electron chi connectivity index (χ4n) is 2.14. The number of nitrogens with zero attached hydrogens (tertiary/aromatic N) is 4. The van der Waals surface area contributed by atoms with Crippen molar-refractivity contribution in [3.05, 3.63) is 44.9 Å². The van der Waals surface area contributed by atoms with Gasteiger partial charge in [-0.2, -0.15) is 4.98 Å². The molecule has 0 unspecified atom stereocenters. The average molecular weight is 315 g/mol. The van der Waals surface area contributed by atoms with E-state index in [1.807, 2.05) is 0 Å². The Morgan fingerprint density at radius 3 is 2.87 bits per heavy atom. The van der Waals surface area contributed by atoms with Crippen molar-refractivity contribution in [1.29, 1.82) is 0 Å². The molecule has 1 N–H and O–H groups in total. The van der Waals surface area contributed by atoms with Crippen molar-refractivity contribution >= 4 is 0 Å². The highest BCUT2D eigenvalue weighted by Gasteiger charge is 2.20. The van der Waals surface area contributed by atoms with Gasteiger partial charge in [0.25, 0.3) is 11.4 Å². The standard InChI is InChI=1S/C14H13N5O4/c1-7-9(11(20)17-14(21)19(7)2)10-16-13(23-18-10)8-5-4-6-15-12(8)22-3/h4-6H,1-3H3,(H,17,20,21). The largest absolute Gasteiger partial charge is 0.480 e. The van der Waals surface area contributed by atoms with Crippen molar-refractivity contribution in [3.8, 4) is 28.7 Å². The third kappa shape index (κ3) is 2.41. The molecule has 0 amide bonds. The van der Waals surface area contributed by atoms with E-state index >= 15 is 0 Å². The van der Waals surface area contributed by atoms with Gasteiger partial charge < -0.3 is 13.8 Å². The zero-order valence-corrected chi connectivity index (χ0v) is 12.7. The summed E-state index contributed by atoms with van der Waals surface area (Å²) in [5.41, 5.74) is 0.0341. The maximum absolute atomic E-state index is 12.1. The Balaban J connectivity index is 2.16. The second kappa shape index (κ2) is 5.52. The van der Waals surface area contributed by atoms with Crippen LogP contribution in [0.2, 0.25) is 0 Å². The normalized spacial score (nSPS) is 10.7. The fraction of sp³-hybridized carbons (Fsp3) is 0.214. The first-order chi connectivity index (χ1) is 11.0. The van der Waals surface area contributed by atoms with Crippen molar-refractivity contribution in [1.82, 2.24) is 24.7 Å². The molecular formula is C14H13N5O4. The fourth-order valence-corrected chi connectivity index (χ4v) is 2.14. The molecule has 3 heterocycles. The molecule has 118 valence electrons. The second-order valence-electron chi connectivity index (χ2n) is 4.76. The van der Waals surface area contributed by atoms with Crippen LogP contribution in [0, 0.1) is 6.92 Å². The molecule has 0 radical (unpaired) electrons. The number of H-pyrrole nitrogens is 1. The van der Waals surface area contributed by atoms with Crippen LogP contribution in [0.25, 0.3) is 22.8 Å². The van der Waals surface area contributed by atoms with E-state index in [1.165, 1.54) is 11.7 Å². The van der Waals surface area contributed by atoms with E-state index in [0.29, 0.717) is 17.1 Å². The van der Waals surface area contributed by atoms with Gasteiger partial charge >= 0.3 is 5.69 Å². The van der Waals surface area contributed by atoms with Gasteiger partial charge in [-0.25, -0.2) is 9.78 Å². The number of hydrogen-bond donors (Lipinski definition) is 1. The molecule has 0 aliphatic rings. The highest BCUT2D eigenvalue weighted by Crippen LogP contribution is 2.27. The van der Waals surface area contributed by atoms with E-state index in [1.54, 1.807) is 32.3 Å². The van der Waals surface area contributed by atoms with Crippen LogP contribution in [0.4, 0.5) is 0 Å². The molecule has 9 heteroatoms. The summed E-state index contributed by atoms with van der Waals surface area (Å²) in [6.07, 6.45) is 1.57. The van der Waals surface area contributed by atoms with Gasteiger partial charge in [0.2, 0.25) is 11.7 Å². The van der Waals surface area contributed by atoms with Crippen LogP contribution >= 0.6 is 0 Å². The number of ether oxygens (including phenoxy) is 1. The van der Waals surface area contributed by atoms with Gasteiger partial charge in [-0.05, 0) is 19.1 Å². The molecule has 0 atom stereocenters. The van der Waals surface area contributed by atoms with E-state index < -0.39 is 11.2 Å². The zero-order valence-electron chi connectivity index (χ0n) is 12.7. The lowest BCUT2D eigenvalue weighted by molar-refractivity contribution is 0.392. The minimum Gasteiger partial charge on any atom is -0.480 e. The first-order valence-corrected chi connectivity index (χ1v) is 6.66. The highest BCUT2D eigenvalue weighted by molar-refractivity contribution is 5.63. The Hall–Kier alpha value is -3.23. The topological polar surface area (TPSA) is 116 Å². The maximum atomic E-state index is 12.1. The minimum atomic E-state index is -0.573. The molecule has 3 aromatic rings. The smallest absolute Gasteiger partial charge is 0.328 e. The van der Waals surface area contributed by atoms with E-state index in [2.05, 4.69) is 20.1 Å². The van der Waals surface area contributed by atoms with Crippen LogP contribution in [0.15, 0.2) is 32.4 Å². The molecule has 0 fully saturated rings. The van der Waals surface area contributed by atoms with Gasteiger partial charge in [0.15, 0.2) is 0 Å². The molecule has 3 rings (SSSR count). The maximum Gasteiger partial charge on any atom is 0.328 e. The van der Waals surface area contributed by atoms with Gasteiger partial charge in [-0.1, -0.05) is 5.16 Å². The lowest BCUT2D eigenvalue weighted by Gasteiger charge is -2.05. The Labute approximate surface area is 129 Å². The lowest BCUT2D eigenvalue weighted by atomic mass is 10.2. The number of hydrogen-bond acceptors (Lipinski definition) is 7. The molecule has 0 aliphatic carbocycles. The number of aromatic amines is 1. The SMILES string of the molecule is COc1ncccc1-c1nc(-c2c(C)n(C)c(=O)[nH]c2=O)no1. The summed E-state index contributed by atoms with van der Waals surface area (Å²) < 4.78 is 11.7. The second-order valence-corrected chi connectivity index (χ2v) is 4.76. The summed E-state index contributed by atoms with van der Waals surface area (Å²) >= 11 is 0. The monoisotopic (exact) mass is 315 g/mol. The lowest BCUT2D eigenvalue weighted by Crippen LogP contribution is -2.31. The summed E-state index contributed by atoms with van der Waals surface area (Å²) in [5, 5.41) is 3.83. The van der Waals surface area contributed by atoms with E-state index in [4.69, 9.17) is 9.26 Å². The number of methoxy groups -OCH3 is 1. The third-order valence-electron chi connectivity index (χ3n) is 3.46. The molecule has 0 bridgehead atoms. The Kier molecular flexibility index (Phi) is 3.53. The molecule has 3 aromatic heterocycles. The molecule has 0 saturated carbocycles. The summed E-state index contributed by atoms with van der Waals surface area (Å²) in [6.45, 7) is 1.63. The van der Waals surface area contributed by atoms with Crippen LogP contribution in [0.5, 0.6) is 5.88 Å². The van der Waals surface area contributed by atoms with Crippen molar-refractivity contribution in [2.75, 3.05) is 7.11 Å². The van der Waals surface area contributed by atoms with Crippen LogP contribution in [0.3, 0.4) is 0 Å².